The molecular weight excluding hydrogens is 335 g/mol. The third kappa shape index (κ3) is 4.33. The van der Waals surface area contributed by atoms with Crippen molar-refractivity contribution in [1.29, 1.82) is 0 Å². The van der Waals surface area contributed by atoms with E-state index >= 15 is 0 Å². The molecule has 1 rings (SSSR count). The second kappa shape index (κ2) is 7.26. The second-order valence-electron chi connectivity index (χ2n) is 3.32. The van der Waals surface area contributed by atoms with Gasteiger partial charge in [-0.1, -0.05) is 52.9 Å². The van der Waals surface area contributed by atoms with Crippen molar-refractivity contribution < 1.29 is 19.1 Å². The molecule has 0 aliphatic heterocycles. The lowest BCUT2D eigenvalue weighted by molar-refractivity contribution is -0.159. The Kier molecular flexibility index (Phi) is 5.96. The molecule has 0 saturated carbocycles. The van der Waals surface area contributed by atoms with Crippen LogP contribution in [-0.2, 0) is 25.7 Å². The van der Waals surface area contributed by atoms with E-state index in [1.54, 1.807) is 0 Å². The lowest BCUT2D eigenvalue weighted by atomic mass is 10.2. The van der Waals surface area contributed by atoms with Gasteiger partial charge in [0.15, 0.2) is 5.92 Å². The minimum absolute atomic E-state index is 0.170. The highest BCUT2D eigenvalue weighted by atomic mass is 127. The van der Waals surface area contributed by atoms with E-state index in [1.165, 1.54) is 7.11 Å². The molecule has 0 fully saturated rings. The quantitative estimate of drug-likeness (QED) is 0.353. The molecule has 1 aromatic carbocycles. The normalized spacial score (nSPS) is 11.6. The fraction of sp³-hybridized carbons (Fsp3) is 0.333. The Labute approximate surface area is 113 Å². The largest absolute Gasteiger partial charge is 0.468 e. The van der Waals surface area contributed by atoms with Crippen LogP contribution in [0.25, 0.3) is 0 Å². The highest BCUT2D eigenvalue weighted by molar-refractivity contribution is 14.1. The standard InChI is InChI=1S/C12H13IO4/c1-16-11(14)10(7-13)12(15)17-8-9-5-3-2-4-6-9/h2-6,10H,7-8H2,1H3/t10-/m1/s1. The van der Waals surface area contributed by atoms with Crippen molar-refractivity contribution in [2.75, 3.05) is 11.5 Å². The summed E-state index contributed by atoms with van der Waals surface area (Å²) in [6.45, 7) is 0.170. The summed E-state index contributed by atoms with van der Waals surface area (Å²) in [6, 6.07) is 9.31. The van der Waals surface area contributed by atoms with Crippen molar-refractivity contribution in [3.8, 4) is 0 Å². The molecular formula is C12H13IO4. The molecule has 17 heavy (non-hydrogen) atoms. The van der Waals surface area contributed by atoms with Gasteiger partial charge in [0, 0.05) is 4.43 Å². The van der Waals surface area contributed by atoms with Crippen LogP contribution in [0.3, 0.4) is 0 Å². The van der Waals surface area contributed by atoms with E-state index in [0.29, 0.717) is 4.43 Å². The second-order valence-corrected chi connectivity index (χ2v) is 4.20. The molecule has 0 aliphatic rings. The zero-order valence-electron chi connectivity index (χ0n) is 9.39. The van der Waals surface area contributed by atoms with Crippen LogP contribution < -0.4 is 0 Å². The van der Waals surface area contributed by atoms with Gasteiger partial charge in [-0.05, 0) is 5.56 Å². The van der Waals surface area contributed by atoms with Crippen molar-refractivity contribution in [2.45, 2.75) is 6.61 Å². The number of ether oxygens (including phenoxy) is 2. The summed E-state index contributed by atoms with van der Waals surface area (Å²) in [4.78, 5) is 22.9. The van der Waals surface area contributed by atoms with E-state index < -0.39 is 17.9 Å². The van der Waals surface area contributed by atoms with Gasteiger partial charge in [-0.25, -0.2) is 0 Å². The summed E-state index contributed by atoms with van der Waals surface area (Å²) in [5.41, 5.74) is 0.887. The summed E-state index contributed by atoms with van der Waals surface area (Å²) in [6.07, 6.45) is 0. The van der Waals surface area contributed by atoms with Gasteiger partial charge in [0.1, 0.15) is 6.61 Å². The molecule has 0 spiro atoms. The molecule has 0 amide bonds. The van der Waals surface area contributed by atoms with Crippen molar-refractivity contribution in [1.82, 2.24) is 0 Å². The molecule has 92 valence electrons. The number of carbonyl (C=O) groups is 2. The first-order chi connectivity index (χ1) is 8.19. The monoisotopic (exact) mass is 348 g/mol. The molecule has 4 nitrogen and oxygen atoms in total. The van der Waals surface area contributed by atoms with Gasteiger partial charge < -0.3 is 9.47 Å². The first-order valence-corrected chi connectivity index (χ1v) is 6.56. The summed E-state index contributed by atoms with van der Waals surface area (Å²) < 4.78 is 9.94. The van der Waals surface area contributed by atoms with E-state index in [0.717, 1.165) is 5.56 Å². The van der Waals surface area contributed by atoms with E-state index in [4.69, 9.17) is 4.74 Å². The van der Waals surface area contributed by atoms with Gasteiger partial charge in [0.05, 0.1) is 7.11 Å². The molecule has 0 aliphatic carbocycles. The Bertz CT molecular complexity index is 377. The Balaban J connectivity index is 2.51. The van der Waals surface area contributed by atoms with Gasteiger partial charge in [-0.2, -0.15) is 0 Å². The van der Waals surface area contributed by atoms with Gasteiger partial charge in [0.2, 0.25) is 0 Å². The Morgan fingerprint density at radius 2 is 1.88 bits per heavy atom. The molecule has 5 heteroatoms. The van der Waals surface area contributed by atoms with Gasteiger partial charge in [0.25, 0.3) is 0 Å². The molecule has 1 aromatic rings. The molecule has 1 atom stereocenters. The molecule has 0 radical (unpaired) electrons. The minimum Gasteiger partial charge on any atom is -0.468 e. The fourth-order valence-corrected chi connectivity index (χ4v) is 1.91. The first-order valence-electron chi connectivity index (χ1n) is 5.03. The number of hydrogen-bond acceptors (Lipinski definition) is 4. The number of methoxy groups -OCH3 is 1. The number of hydrogen-bond donors (Lipinski definition) is 0. The predicted molar refractivity (Wildman–Crippen MR) is 70.6 cm³/mol. The number of carbonyl (C=O) groups excluding carboxylic acids is 2. The molecule has 0 bridgehead atoms. The Morgan fingerprint density at radius 1 is 1.24 bits per heavy atom. The van der Waals surface area contributed by atoms with Crippen LogP contribution in [0.15, 0.2) is 30.3 Å². The van der Waals surface area contributed by atoms with Crippen LogP contribution in [0.5, 0.6) is 0 Å². The molecule has 0 N–H and O–H groups in total. The van der Waals surface area contributed by atoms with E-state index in [2.05, 4.69) is 4.74 Å². The lowest BCUT2D eigenvalue weighted by Crippen LogP contribution is -2.28. The Hall–Kier alpha value is -1.11. The van der Waals surface area contributed by atoms with Crippen LogP contribution in [-0.4, -0.2) is 23.5 Å². The SMILES string of the molecule is COC(=O)[C@@H](CI)C(=O)OCc1ccccc1. The van der Waals surface area contributed by atoms with Crippen LogP contribution in [0.1, 0.15) is 5.56 Å². The topological polar surface area (TPSA) is 52.6 Å². The summed E-state index contributed by atoms with van der Waals surface area (Å²) in [7, 11) is 1.26. The maximum absolute atomic E-state index is 11.6. The number of esters is 2. The maximum atomic E-state index is 11.6. The number of rotatable bonds is 5. The maximum Gasteiger partial charge on any atom is 0.321 e. The minimum atomic E-state index is -0.843. The molecule has 0 unspecified atom stereocenters. The van der Waals surface area contributed by atoms with E-state index in [-0.39, 0.29) is 6.61 Å². The zero-order chi connectivity index (χ0) is 12.7. The molecule has 0 heterocycles. The van der Waals surface area contributed by atoms with E-state index in [1.807, 2.05) is 52.9 Å². The van der Waals surface area contributed by atoms with Crippen molar-refractivity contribution >= 4 is 34.5 Å². The van der Waals surface area contributed by atoms with Crippen LogP contribution >= 0.6 is 22.6 Å². The highest BCUT2D eigenvalue weighted by Gasteiger charge is 2.27. The summed E-state index contributed by atoms with van der Waals surface area (Å²) >= 11 is 1.96. The highest BCUT2D eigenvalue weighted by Crippen LogP contribution is 2.09. The average Bonchev–Trinajstić information content (AvgIpc) is 2.38. The van der Waals surface area contributed by atoms with Gasteiger partial charge in [-0.3, -0.25) is 9.59 Å². The third-order valence-corrected chi connectivity index (χ3v) is 3.03. The van der Waals surface area contributed by atoms with Crippen molar-refractivity contribution in [3.05, 3.63) is 35.9 Å². The number of benzene rings is 1. The average molecular weight is 348 g/mol. The zero-order valence-corrected chi connectivity index (χ0v) is 11.5. The Morgan fingerprint density at radius 3 is 2.41 bits per heavy atom. The van der Waals surface area contributed by atoms with Crippen molar-refractivity contribution in [2.24, 2.45) is 5.92 Å². The predicted octanol–water partition coefficient (Wildman–Crippen LogP) is 1.95. The summed E-state index contributed by atoms with van der Waals surface area (Å²) in [5.74, 6) is -1.95. The molecule has 0 saturated heterocycles. The van der Waals surface area contributed by atoms with Gasteiger partial charge in [-0.15, -0.1) is 0 Å². The van der Waals surface area contributed by atoms with E-state index in [9.17, 15) is 9.59 Å². The van der Waals surface area contributed by atoms with Gasteiger partial charge >= 0.3 is 11.9 Å². The fourth-order valence-electron chi connectivity index (χ4n) is 1.19. The van der Waals surface area contributed by atoms with Crippen LogP contribution in [0.4, 0.5) is 0 Å². The number of alkyl halides is 1. The first kappa shape index (κ1) is 14.0. The number of halogens is 1. The summed E-state index contributed by atoms with van der Waals surface area (Å²) in [5, 5.41) is 0. The van der Waals surface area contributed by atoms with Crippen LogP contribution in [0, 0.1) is 5.92 Å². The molecule has 0 aromatic heterocycles. The third-order valence-electron chi connectivity index (χ3n) is 2.15. The van der Waals surface area contributed by atoms with Crippen LogP contribution in [0.2, 0.25) is 0 Å². The smallest absolute Gasteiger partial charge is 0.321 e. The van der Waals surface area contributed by atoms with Crippen molar-refractivity contribution in [3.63, 3.8) is 0 Å². The lowest BCUT2D eigenvalue weighted by Gasteiger charge is -2.11.